The molecular weight excluding hydrogens is 295 g/mol. The van der Waals surface area contributed by atoms with E-state index in [0.29, 0.717) is 18.7 Å². The number of aromatic nitrogens is 2. The van der Waals surface area contributed by atoms with Gasteiger partial charge in [-0.15, -0.1) is 0 Å². The Labute approximate surface area is 94.9 Å². The zero-order valence-electron chi connectivity index (χ0n) is 7.40. The number of halogens is 1. The van der Waals surface area contributed by atoms with Crippen LogP contribution in [0.5, 0.6) is 0 Å². The molecule has 0 aliphatic heterocycles. The van der Waals surface area contributed by atoms with Gasteiger partial charge in [-0.05, 0) is 35.4 Å². The van der Waals surface area contributed by atoms with Crippen molar-refractivity contribution in [2.24, 2.45) is 0 Å². The van der Waals surface area contributed by atoms with E-state index in [1.54, 1.807) is 12.4 Å². The third-order valence-corrected chi connectivity index (χ3v) is 3.22. The lowest BCUT2D eigenvalue weighted by Gasteiger charge is -2.35. The van der Waals surface area contributed by atoms with Gasteiger partial charge in [0.05, 0.1) is 0 Å². The van der Waals surface area contributed by atoms with Gasteiger partial charge in [0.25, 0.3) is 0 Å². The van der Waals surface area contributed by atoms with Crippen LogP contribution in [0.1, 0.15) is 25.1 Å². The van der Waals surface area contributed by atoms with Gasteiger partial charge in [0.15, 0.2) is 0 Å². The van der Waals surface area contributed by atoms with Crippen molar-refractivity contribution in [2.75, 3.05) is 0 Å². The predicted molar refractivity (Wildman–Crippen MR) is 57.9 cm³/mol. The molecular formula is C9H9IN2O2. The number of hydrogen-bond donors (Lipinski definition) is 1. The van der Waals surface area contributed by atoms with Crippen LogP contribution >= 0.6 is 22.6 Å². The minimum absolute atomic E-state index is 0.455. The van der Waals surface area contributed by atoms with Crippen LogP contribution in [0.3, 0.4) is 0 Å². The summed E-state index contributed by atoms with van der Waals surface area (Å²) < 4.78 is 0.922. The lowest BCUT2D eigenvalue weighted by atomic mass is 9.68. The monoisotopic (exact) mass is 304 g/mol. The van der Waals surface area contributed by atoms with Crippen LogP contribution in [0, 0.1) is 3.57 Å². The Morgan fingerprint density at radius 2 is 2.00 bits per heavy atom. The van der Waals surface area contributed by atoms with Gasteiger partial charge in [-0.25, -0.2) is 9.97 Å². The SMILES string of the molecule is O=C(O)C1(c2ncc(I)cn2)CCC1. The molecule has 0 aromatic carbocycles. The van der Waals surface area contributed by atoms with Crippen molar-refractivity contribution >= 4 is 28.6 Å². The molecule has 1 aromatic heterocycles. The highest BCUT2D eigenvalue weighted by Crippen LogP contribution is 2.42. The minimum atomic E-state index is -0.801. The molecule has 5 heteroatoms. The van der Waals surface area contributed by atoms with Crippen molar-refractivity contribution in [3.8, 4) is 0 Å². The average molecular weight is 304 g/mol. The molecule has 0 radical (unpaired) electrons. The Morgan fingerprint density at radius 3 is 2.36 bits per heavy atom. The molecule has 0 unspecified atom stereocenters. The summed E-state index contributed by atoms with van der Waals surface area (Å²) in [4.78, 5) is 19.3. The first-order valence-electron chi connectivity index (χ1n) is 4.36. The van der Waals surface area contributed by atoms with Gasteiger partial charge in [-0.1, -0.05) is 6.42 Å². The van der Waals surface area contributed by atoms with Crippen LogP contribution in [0.15, 0.2) is 12.4 Å². The first kappa shape index (κ1) is 9.82. The summed E-state index contributed by atoms with van der Waals surface area (Å²) in [6.45, 7) is 0. The summed E-state index contributed by atoms with van der Waals surface area (Å²) in [6.07, 6.45) is 5.57. The highest BCUT2D eigenvalue weighted by Gasteiger charge is 2.48. The Balaban J connectivity index is 2.37. The van der Waals surface area contributed by atoms with Gasteiger partial charge in [0.1, 0.15) is 11.2 Å². The molecule has 0 bridgehead atoms. The zero-order valence-corrected chi connectivity index (χ0v) is 9.56. The van der Waals surface area contributed by atoms with Crippen molar-refractivity contribution in [2.45, 2.75) is 24.7 Å². The fourth-order valence-corrected chi connectivity index (χ4v) is 1.90. The fraction of sp³-hybridized carbons (Fsp3) is 0.444. The van der Waals surface area contributed by atoms with E-state index >= 15 is 0 Å². The highest BCUT2D eigenvalue weighted by atomic mass is 127. The maximum absolute atomic E-state index is 11.1. The summed E-state index contributed by atoms with van der Waals surface area (Å²) in [5, 5.41) is 9.12. The Bertz CT molecular complexity index is 360. The number of carboxylic acid groups (broad SMARTS) is 1. The molecule has 1 aliphatic carbocycles. The normalized spacial score (nSPS) is 18.6. The molecule has 1 heterocycles. The number of rotatable bonds is 2. The quantitative estimate of drug-likeness (QED) is 0.843. The minimum Gasteiger partial charge on any atom is -0.480 e. The second-order valence-corrected chi connectivity index (χ2v) is 4.71. The molecule has 4 nitrogen and oxygen atoms in total. The van der Waals surface area contributed by atoms with Crippen molar-refractivity contribution < 1.29 is 9.90 Å². The Kier molecular flexibility index (Phi) is 2.42. The molecule has 1 saturated carbocycles. The van der Waals surface area contributed by atoms with E-state index in [1.807, 2.05) is 0 Å². The second-order valence-electron chi connectivity index (χ2n) is 3.47. The van der Waals surface area contributed by atoms with Gasteiger partial charge in [-0.2, -0.15) is 0 Å². The van der Waals surface area contributed by atoms with E-state index in [9.17, 15) is 4.79 Å². The van der Waals surface area contributed by atoms with E-state index in [0.717, 1.165) is 9.99 Å². The van der Waals surface area contributed by atoms with Crippen LogP contribution < -0.4 is 0 Å². The lowest BCUT2D eigenvalue weighted by molar-refractivity contribution is -0.147. The van der Waals surface area contributed by atoms with Gasteiger partial charge in [-0.3, -0.25) is 4.79 Å². The fourth-order valence-electron chi connectivity index (χ4n) is 1.62. The number of carbonyl (C=O) groups is 1. The van der Waals surface area contributed by atoms with E-state index < -0.39 is 11.4 Å². The summed E-state index contributed by atoms with van der Waals surface area (Å²) in [5.41, 5.74) is -0.801. The molecule has 1 fully saturated rings. The molecule has 1 aromatic rings. The summed E-state index contributed by atoms with van der Waals surface area (Å²) in [5.74, 6) is -0.346. The number of hydrogen-bond acceptors (Lipinski definition) is 3. The average Bonchev–Trinajstić information content (AvgIpc) is 2.05. The maximum Gasteiger partial charge on any atom is 0.317 e. The number of carboxylic acids is 1. The van der Waals surface area contributed by atoms with Gasteiger partial charge in [0, 0.05) is 16.0 Å². The first-order chi connectivity index (χ1) is 6.65. The Morgan fingerprint density at radius 1 is 1.43 bits per heavy atom. The standard InChI is InChI=1S/C9H9IN2O2/c10-6-4-11-7(12-5-6)9(8(13)14)2-1-3-9/h4-5H,1-3H2,(H,13,14). The molecule has 74 valence electrons. The zero-order chi connectivity index (χ0) is 10.2. The van der Waals surface area contributed by atoms with Gasteiger partial charge < -0.3 is 5.11 Å². The van der Waals surface area contributed by atoms with E-state index in [2.05, 4.69) is 32.6 Å². The van der Waals surface area contributed by atoms with E-state index in [-0.39, 0.29) is 0 Å². The second kappa shape index (κ2) is 3.45. The smallest absolute Gasteiger partial charge is 0.317 e. The van der Waals surface area contributed by atoms with E-state index in [1.165, 1.54) is 0 Å². The topological polar surface area (TPSA) is 63.1 Å². The molecule has 1 aliphatic rings. The number of aliphatic carboxylic acids is 1. The third-order valence-electron chi connectivity index (χ3n) is 2.66. The van der Waals surface area contributed by atoms with Crippen molar-refractivity contribution in [1.82, 2.24) is 9.97 Å². The Hall–Kier alpha value is -0.720. The van der Waals surface area contributed by atoms with Crippen molar-refractivity contribution in [3.63, 3.8) is 0 Å². The molecule has 1 N–H and O–H groups in total. The van der Waals surface area contributed by atoms with Crippen molar-refractivity contribution in [1.29, 1.82) is 0 Å². The van der Waals surface area contributed by atoms with Crippen LogP contribution in [0.2, 0.25) is 0 Å². The predicted octanol–water partition coefficient (Wildman–Crippen LogP) is 1.59. The molecule has 0 atom stereocenters. The van der Waals surface area contributed by atoms with Crippen LogP contribution in [-0.4, -0.2) is 21.0 Å². The van der Waals surface area contributed by atoms with Crippen molar-refractivity contribution in [3.05, 3.63) is 21.8 Å². The lowest BCUT2D eigenvalue weighted by Crippen LogP contribution is -2.43. The third kappa shape index (κ3) is 1.39. The maximum atomic E-state index is 11.1. The first-order valence-corrected chi connectivity index (χ1v) is 5.44. The summed E-state index contributed by atoms with van der Waals surface area (Å²) in [7, 11) is 0. The van der Waals surface area contributed by atoms with Crippen LogP contribution in [0.25, 0.3) is 0 Å². The van der Waals surface area contributed by atoms with Gasteiger partial charge in [0.2, 0.25) is 0 Å². The molecule has 2 rings (SSSR count). The highest BCUT2D eigenvalue weighted by molar-refractivity contribution is 14.1. The molecule has 0 spiro atoms. The summed E-state index contributed by atoms with van der Waals surface area (Å²) in [6, 6.07) is 0. The molecule has 14 heavy (non-hydrogen) atoms. The largest absolute Gasteiger partial charge is 0.480 e. The number of nitrogens with zero attached hydrogens (tertiary/aromatic N) is 2. The van der Waals surface area contributed by atoms with Crippen LogP contribution in [0.4, 0.5) is 0 Å². The molecule has 0 saturated heterocycles. The summed E-state index contributed by atoms with van der Waals surface area (Å²) >= 11 is 2.10. The van der Waals surface area contributed by atoms with E-state index in [4.69, 9.17) is 5.11 Å². The van der Waals surface area contributed by atoms with Crippen LogP contribution in [-0.2, 0) is 10.2 Å². The van der Waals surface area contributed by atoms with Gasteiger partial charge >= 0.3 is 5.97 Å². The molecule has 0 amide bonds.